The van der Waals surface area contributed by atoms with Crippen LogP contribution in [0.2, 0.25) is 5.02 Å². The molecule has 0 aliphatic heterocycles. The molecule has 1 fully saturated rings. The Kier molecular flexibility index (Phi) is 4.32. The Labute approximate surface area is 117 Å². The summed E-state index contributed by atoms with van der Waals surface area (Å²) < 4.78 is 0. The average Bonchev–Trinajstić information content (AvgIpc) is 2.40. The molecule has 0 aromatic heterocycles. The predicted octanol–water partition coefficient (Wildman–Crippen LogP) is 2.35. The zero-order chi connectivity index (χ0) is 13.9. The van der Waals surface area contributed by atoms with Crippen LogP contribution in [0.3, 0.4) is 0 Å². The van der Waals surface area contributed by atoms with Crippen molar-refractivity contribution in [2.75, 3.05) is 12.3 Å². The lowest BCUT2D eigenvalue weighted by Gasteiger charge is -2.32. The highest BCUT2D eigenvalue weighted by Gasteiger charge is 2.29. The molecule has 1 aromatic rings. The largest absolute Gasteiger partial charge is 0.398 e. The van der Waals surface area contributed by atoms with E-state index in [0.29, 0.717) is 16.3 Å². The van der Waals surface area contributed by atoms with E-state index in [1.807, 2.05) is 0 Å². The van der Waals surface area contributed by atoms with Crippen molar-refractivity contribution >= 4 is 23.2 Å². The molecule has 0 bridgehead atoms. The van der Waals surface area contributed by atoms with Gasteiger partial charge in [-0.25, -0.2) is 0 Å². The van der Waals surface area contributed by atoms with E-state index >= 15 is 0 Å². The second-order valence-electron chi connectivity index (χ2n) is 5.20. The summed E-state index contributed by atoms with van der Waals surface area (Å²) in [7, 11) is 0. The van der Waals surface area contributed by atoms with E-state index in [4.69, 9.17) is 17.3 Å². The van der Waals surface area contributed by atoms with E-state index in [2.05, 4.69) is 5.32 Å². The first-order valence-electron chi connectivity index (χ1n) is 6.56. The van der Waals surface area contributed by atoms with Gasteiger partial charge in [-0.2, -0.15) is 0 Å². The fraction of sp³-hybridized carbons (Fsp3) is 0.500. The summed E-state index contributed by atoms with van der Waals surface area (Å²) in [6.45, 7) is 0.262. The maximum absolute atomic E-state index is 12.0. The van der Waals surface area contributed by atoms with Crippen LogP contribution in [0.4, 0.5) is 5.69 Å². The standard InChI is InChI=1S/C14H19ClN2O2/c15-10-4-5-12(16)11(8-10)13(18)17-9-14(19)6-2-1-3-7-14/h4-5,8,19H,1-3,6-7,9,16H2,(H,17,18). The highest BCUT2D eigenvalue weighted by molar-refractivity contribution is 6.31. The van der Waals surface area contributed by atoms with Crippen LogP contribution in [0, 0.1) is 0 Å². The van der Waals surface area contributed by atoms with E-state index in [0.717, 1.165) is 32.1 Å². The van der Waals surface area contributed by atoms with Gasteiger partial charge in [0.1, 0.15) is 0 Å². The lowest BCUT2D eigenvalue weighted by Crippen LogP contribution is -2.44. The Morgan fingerprint density at radius 2 is 2.05 bits per heavy atom. The van der Waals surface area contributed by atoms with Crippen LogP contribution in [-0.4, -0.2) is 23.2 Å². The van der Waals surface area contributed by atoms with Gasteiger partial charge in [0.15, 0.2) is 0 Å². The van der Waals surface area contributed by atoms with Crippen LogP contribution < -0.4 is 11.1 Å². The summed E-state index contributed by atoms with van der Waals surface area (Å²) in [5.74, 6) is -0.293. The van der Waals surface area contributed by atoms with Crippen LogP contribution in [0.25, 0.3) is 0 Å². The quantitative estimate of drug-likeness (QED) is 0.745. The smallest absolute Gasteiger partial charge is 0.253 e. The Hall–Kier alpha value is -1.26. The lowest BCUT2D eigenvalue weighted by atomic mass is 9.85. The van der Waals surface area contributed by atoms with Crippen molar-refractivity contribution in [3.8, 4) is 0 Å². The number of halogens is 1. The molecular weight excluding hydrogens is 264 g/mol. The number of nitrogen functional groups attached to an aromatic ring is 1. The summed E-state index contributed by atoms with van der Waals surface area (Å²) in [6.07, 6.45) is 4.63. The maximum Gasteiger partial charge on any atom is 0.253 e. The number of nitrogens with two attached hydrogens (primary N) is 1. The first-order chi connectivity index (χ1) is 9.00. The molecule has 0 unspecified atom stereocenters. The molecule has 2 rings (SSSR count). The van der Waals surface area contributed by atoms with E-state index in [1.165, 1.54) is 6.07 Å². The van der Waals surface area contributed by atoms with Gasteiger partial charge in [0.05, 0.1) is 11.2 Å². The molecule has 1 aromatic carbocycles. The molecule has 4 nitrogen and oxygen atoms in total. The average molecular weight is 283 g/mol. The number of aliphatic hydroxyl groups is 1. The van der Waals surface area contributed by atoms with Crippen LogP contribution in [0.15, 0.2) is 18.2 Å². The highest BCUT2D eigenvalue weighted by Crippen LogP contribution is 2.27. The van der Waals surface area contributed by atoms with E-state index in [1.54, 1.807) is 12.1 Å². The predicted molar refractivity (Wildman–Crippen MR) is 76.2 cm³/mol. The van der Waals surface area contributed by atoms with Crippen molar-refractivity contribution in [2.45, 2.75) is 37.7 Å². The number of nitrogens with one attached hydrogen (secondary N) is 1. The molecule has 104 valence electrons. The Balaban J connectivity index is 1.99. The van der Waals surface area contributed by atoms with Crippen molar-refractivity contribution in [3.63, 3.8) is 0 Å². The van der Waals surface area contributed by atoms with Crippen LogP contribution in [0.1, 0.15) is 42.5 Å². The number of hydrogen-bond acceptors (Lipinski definition) is 3. The Morgan fingerprint density at radius 1 is 1.37 bits per heavy atom. The number of carbonyl (C=O) groups is 1. The van der Waals surface area contributed by atoms with Crippen molar-refractivity contribution < 1.29 is 9.90 Å². The molecule has 4 N–H and O–H groups in total. The SMILES string of the molecule is Nc1ccc(Cl)cc1C(=O)NCC1(O)CCCCC1. The number of rotatable bonds is 3. The van der Waals surface area contributed by atoms with Crippen LogP contribution in [0.5, 0.6) is 0 Å². The second-order valence-corrected chi connectivity index (χ2v) is 5.64. The summed E-state index contributed by atoms with van der Waals surface area (Å²) in [5.41, 5.74) is 5.71. The van der Waals surface area contributed by atoms with Crippen molar-refractivity contribution in [1.82, 2.24) is 5.32 Å². The van der Waals surface area contributed by atoms with Crippen LogP contribution in [-0.2, 0) is 0 Å². The number of amides is 1. The van der Waals surface area contributed by atoms with Gasteiger partial charge >= 0.3 is 0 Å². The van der Waals surface area contributed by atoms with E-state index in [-0.39, 0.29) is 12.5 Å². The Morgan fingerprint density at radius 3 is 2.74 bits per heavy atom. The van der Waals surface area contributed by atoms with Gasteiger partial charge < -0.3 is 16.2 Å². The molecule has 1 amide bonds. The van der Waals surface area contributed by atoms with Crippen molar-refractivity contribution in [1.29, 1.82) is 0 Å². The van der Waals surface area contributed by atoms with Gasteiger partial charge in [0, 0.05) is 17.3 Å². The highest BCUT2D eigenvalue weighted by atomic mass is 35.5. The molecule has 0 saturated heterocycles. The Bertz CT molecular complexity index is 471. The second kappa shape index (κ2) is 5.80. The van der Waals surface area contributed by atoms with Gasteiger partial charge in [-0.3, -0.25) is 4.79 Å². The van der Waals surface area contributed by atoms with Gasteiger partial charge in [0.2, 0.25) is 0 Å². The zero-order valence-electron chi connectivity index (χ0n) is 10.8. The molecule has 1 saturated carbocycles. The zero-order valence-corrected chi connectivity index (χ0v) is 11.5. The number of anilines is 1. The molecule has 0 spiro atoms. The van der Waals surface area contributed by atoms with Gasteiger partial charge in [-0.1, -0.05) is 30.9 Å². The van der Waals surface area contributed by atoms with Gasteiger partial charge in [-0.15, -0.1) is 0 Å². The van der Waals surface area contributed by atoms with Crippen LogP contribution >= 0.6 is 11.6 Å². The third-order valence-corrected chi connectivity index (χ3v) is 3.86. The maximum atomic E-state index is 12.0. The topological polar surface area (TPSA) is 75.4 Å². The molecular formula is C14H19ClN2O2. The number of benzene rings is 1. The molecule has 5 heteroatoms. The third kappa shape index (κ3) is 3.61. The fourth-order valence-corrected chi connectivity index (χ4v) is 2.62. The minimum atomic E-state index is -0.777. The van der Waals surface area contributed by atoms with E-state index in [9.17, 15) is 9.90 Å². The molecule has 19 heavy (non-hydrogen) atoms. The summed E-state index contributed by atoms with van der Waals surface area (Å²) in [4.78, 5) is 12.0. The molecule has 0 radical (unpaired) electrons. The summed E-state index contributed by atoms with van der Waals surface area (Å²) in [6, 6.07) is 4.78. The number of carbonyl (C=O) groups excluding carboxylic acids is 1. The monoisotopic (exact) mass is 282 g/mol. The summed E-state index contributed by atoms with van der Waals surface area (Å²) >= 11 is 5.85. The first-order valence-corrected chi connectivity index (χ1v) is 6.94. The third-order valence-electron chi connectivity index (χ3n) is 3.62. The molecule has 0 atom stereocenters. The van der Waals surface area contributed by atoms with Gasteiger partial charge in [0.25, 0.3) is 5.91 Å². The van der Waals surface area contributed by atoms with Gasteiger partial charge in [-0.05, 0) is 31.0 Å². The fourth-order valence-electron chi connectivity index (χ4n) is 2.45. The lowest BCUT2D eigenvalue weighted by molar-refractivity contribution is 0.00526. The molecule has 1 aliphatic rings. The van der Waals surface area contributed by atoms with Crippen molar-refractivity contribution in [3.05, 3.63) is 28.8 Å². The molecule has 1 aliphatic carbocycles. The minimum Gasteiger partial charge on any atom is -0.398 e. The summed E-state index contributed by atoms with van der Waals surface area (Å²) in [5, 5.41) is 13.5. The molecule has 0 heterocycles. The van der Waals surface area contributed by atoms with Crippen molar-refractivity contribution in [2.24, 2.45) is 0 Å². The first kappa shape index (κ1) is 14.2. The number of hydrogen-bond donors (Lipinski definition) is 3. The van der Waals surface area contributed by atoms with E-state index < -0.39 is 5.60 Å². The minimum absolute atomic E-state index is 0.262. The normalized spacial score (nSPS) is 18.0.